The second kappa shape index (κ2) is 33.6. The van der Waals surface area contributed by atoms with Gasteiger partial charge in [-0.3, -0.25) is 4.79 Å². The van der Waals surface area contributed by atoms with Crippen molar-refractivity contribution in [1.82, 2.24) is 0 Å². The van der Waals surface area contributed by atoms with E-state index in [-0.39, 0.29) is 12.6 Å². The van der Waals surface area contributed by atoms with Crippen LogP contribution < -0.4 is 0 Å². The van der Waals surface area contributed by atoms with Gasteiger partial charge in [0, 0.05) is 13.0 Å². The SMILES string of the molecule is CCCCCCCCCCCCCCCCCCOCC(CO)OC(=O)CCCCCCCCCCCCC. The van der Waals surface area contributed by atoms with Gasteiger partial charge in [-0.1, -0.05) is 174 Å². The average Bonchev–Trinajstić information content (AvgIpc) is 2.94. The van der Waals surface area contributed by atoms with Crippen molar-refractivity contribution in [3.63, 3.8) is 0 Å². The second-order valence-corrected chi connectivity index (χ2v) is 12.0. The number of carbonyl (C=O) groups is 1. The third-order valence-electron chi connectivity index (χ3n) is 7.93. The zero-order valence-corrected chi connectivity index (χ0v) is 26.7. The minimum absolute atomic E-state index is 0.164. The predicted octanol–water partition coefficient (Wildman–Crippen LogP) is 10.9. The lowest BCUT2D eigenvalue weighted by Gasteiger charge is -2.16. The highest BCUT2D eigenvalue weighted by molar-refractivity contribution is 5.69. The topological polar surface area (TPSA) is 55.8 Å². The Hall–Kier alpha value is -0.610. The number of carbonyl (C=O) groups excluding carboxylic acids is 1. The molecule has 0 fully saturated rings. The van der Waals surface area contributed by atoms with Gasteiger partial charge in [0.25, 0.3) is 0 Å². The van der Waals surface area contributed by atoms with Gasteiger partial charge >= 0.3 is 5.97 Å². The molecule has 4 nitrogen and oxygen atoms in total. The highest BCUT2D eigenvalue weighted by Crippen LogP contribution is 2.14. The van der Waals surface area contributed by atoms with E-state index in [1.54, 1.807) is 0 Å². The van der Waals surface area contributed by atoms with Crippen LogP contribution in [0.25, 0.3) is 0 Å². The first-order valence-electron chi connectivity index (χ1n) is 17.6. The Morgan fingerprint density at radius 3 is 1.21 bits per heavy atom. The summed E-state index contributed by atoms with van der Waals surface area (Å²) in [7, 11) is 0. The van der Waals surface area contributed by atoms with Gasteiger partial charge in [0.15, 0.2) is 0 Å². The Morgan fingerprint density at radius 1 is 0.513 bits per heavy atom. The molecule has 0 heterocycles. The van der Waals surface area contributed by atoms with Gasteiger partial charge in [-0.25, -0.2) is 0 Å². The summed E-state index contributed by atoms with van der Waals surface area (Å²) in [6, 6.07) is 0. The number of unbranched alkanes of at least 4 members (excludes halogenated alkanes) is 25. The Morgan fingerprint density at radius 2 is 0.846 bits per heavy atom. The van der Waals surface area contributed by atoms with Gasteiger partial charge in [-0.2, -0.15) is 0 Å². The van der Waals surface area contributed by atoms with Crippen LogP contribution >= 0.6 is 0 Å². The van der Waals surface area contributed by atoms with Crippen LogP contribution in [0, 0.1) is 0 Å². The molecule has 0 bridgehead atoms. The van der Waals surface area contributed by atoms with E-state index in [1.807, 2.05) is 0 Å². The summed E-state index contributed by atoms with van der Waals surface area (Å²) in [5, 5.41) is 9.52. The van der Waals surface area contributed by atoms with E-state index in [0.29, 0.717) is 19.6 Å². The molecule has 1 atom stereocenters. The Labute approximate surface area is 244 Å². The van der Waals surface area contributed by atoms with E-state index in [2.05, 4.69) is 13.8 Å². The van der Waals surface area contributed by atoms with E-state index in [9.17, 15) is 9.90 Å². The fourth-order valence-corrected chi connectivity index (χ4v) is 5.27. The monoisotopic (exact) mass is 555 g/mol. The van der Waals surface area contributed by atoms with Crippen molar-refractivity contribution in [1.29, 1.82) is 0 Å². The molecular weight excluding hydrogens is 484 g/mol. The minimum Gasteiger partial charge on any atom is -0.457 e. The number of rotatable bonds is 33. The highest BCUT2D eigenvalue weighted by atomic mass is 16.6. The number of hydrogen-bond donors (Lipinski definition) is 1. The molecule has 0 aromatic carbocycles. The molecule has 234 valence electrons. The summed E-state index contributed by atoms with van der Waals surface area (Å²) in [6.07, 6.45) is 35.6. The molecule has 1 unspecified atom stereocenters. The van der Waals surface area contributed by atoms with Gasteiger partial charge in [0.05, 0.1) is 13.2 Å². The standard InChI is InChI=1S/C35H70O4/c1-3-5-7-9-11-13-15-16-17-18-19-21-23-25-27-29-31-38-33-34(32-36)39-35(37)30-28-26-24-22-20-14-12-10-8-6-4-2/h34,36H,3-33H2,1-2H3. The maximum atomic E-state index is 12.1. The number of hydrogen-bond acceptors (Lipinski definition) is 4. The average molecular weight is 555 g/mol. The van der Waals surface area contributed by atoms with Crippen LogP contribution in [0.1, 0.15) is 194 Å². The molecule has 0 rings (SSSR count). The van der Waals surface area contributed by atoms with E-state index in [4.69, 9.17) is 9.47 Å². The summed E-state index contributed by atoms with van der Waals surface area (Å²) in [5.74, 6) is -0.198. The molecule has 39 heavy (non-hydrogen) atoms. The summed E-state index contributed by atoms with van der Waals surface area (Å²) in [6.45, 7) is 5.37. The Balaban J connectivity index is 3.37. The highest BCUT2D eigenvalue weighted by Gasteiger charge is 2.13. The van der Waals surface area contributed by atoms with Crippen LogP contribution in [-0.2, 0) is 14.3 Å². The first-order chi connectivity index (χ1) is 19.2. The molecule has 0 amide bonds. The van der Waals surface area contributed by atoms with Crippen molar-refractivity contribution in [3.8, 4) is 0 Å². The normalized spacial score (nSPS) is 12.2. The van der Waals surface area contributed by atoms with Crippen LogP contribution in [0.5, 0.6) is 0 Å². The lowest BCUT2D eigenvalue weighted by Crippen LogP contribution is -2.27. The van der Waals surface area contributed by atoms with Crippen molar-refractivity contribution in [2.24, 2.45) is 0 Å². The molecule has 0 aromatic rings. The molecule has 4 heteroatoms. The molecule has 1 N–H and O–H groups in total. The largest absolute Gasteiger partial charge is 0.457 e. The van der Waals surface area contributed by atoms with Crippen molar-refractivity contribution in [2.45, 2.75) is 200 Å². The fraction of sp³-hybridized carbons (Fsp3) is 0.971. The lowest BCUT2D eigenvalue weighted by molar-refractivity contribution is -0.154. The summed E-state index contributed by atoms with van der Waals surface area (Å²) in [4.78, 5) is 12.1. The molecule has 0 spiro atoms. The summed E-state index contributed by atoms with van der Waals surface area (Å²) in [5.41, 5.74) is 0. The van der Waals surface area contributed by atoms with Crippen molar-refractivity contribution in [2.75, 3.05) is 19.8 Å². The number of esters is 1. The van der Waals surface area contributed by atoms with Crippen LogP contribution in [0.2, 0.25) is 0 Å². The Kier molecular flexibility index (Phi) is 33.1. The molecular formula is C35H70O4. The molecule has 0 radical (unpaired) electrons. The second-order valence-electron chi connectivity index (χ2n) is 12.0. The van der Waals surface area contributed by atoms with Crippen LogP contribution in [-0.4, -0.2) is 37.0 Å². The summed E-state index contributed by atoms with van der Waals surface area (Å²) >= 11 is 0. The molecule has 0 saturated heterocycles. The van der Waals surface area contributed by atoms with E-state index in [0.717, 1.165) is 19.3 Å². The van der Waals surface area contributed by atoms with Crippen molar-refractivity contribution < 1.29 is 19.4 Å². The van der Waals surface area contributed by atoms with Crippen molar-refractivity contribution in [3.05, 3.63) is 0 Å². The van der Waals surface area contributed by atoms with E-state index < -0.39 is 6.10 Å². The number of ether oxygens (including phenoxy) is 2. The lowest BCUT2D eigenvalue weighted by atomic mass is 10.0. The number of aliphatic hydroxyl groups is 1. The molecule has 0 saturated carbocycles. The number of aliphatic hydroxyl groups excluding tert-OH is 1. The molecule has 0 aliphatic heterocycles. The molecule has 0 aliphatic carbocycles. The zero-order valence-electron chi connectivity index (χ0n) is 26.7. The smallest absolute Gasteiger partial charge is 0.306 e. The summed E-state index contributed by atoms with van der Waals surface area (Å²) < 4.78 is 11.1. The zero-order chi connectivity index (χ0) is 28.5. The Bertz CT molecular complexity index is 468. The third kappa shape index (κ3) is 31.8. The molecule has 0 aromatic heterocycles. The maximum Gasteiger partial charge on any atom is 0.306 e. The van der Waals surface area contributed by atoms with Crippen LogP contribution in [0.4, 0.5) is 0 Å². The first-order valence-corrected chi connectivity index (χ1v) is 17.6. The van der Waals surface area contributed by atoms with Gasteiger partial charge in [-0.05, 0) is 12.8 Å². The van der Waals surface area contributed by atoms with Crippen LogP contribution in [0.3, 0.4) is 0 Å². The minimum atomic E-state index is -0.522. The maximum absolute atomic E-state index is 12.1. The molecule has 0 aliphatic rings. The third-order valence-corrected chi connectivity index (χ3v) is 7.93. The van der Waals surface area contributed by atoms with Gasteiger partial charge < -0.3 is 14.6 Å². The quantitative estimate of drug-likeness (QED) is 0.0647. The van der Waals surface area contributed by atoms with Gasteiger partial charge in [0.1, 0.15) is 6.10 Å². The van der Waals surface area contributed by atoms with Gasteiger partial charge in [-0.15, -0.1) is 0 Å². The predicted molar refractivity (Wildman–Crippen MR) is 168 cm³/mol. The van der Waals surface area contributed by atoms with E-state index >= 15 is 0 Å². The van der Waals surface area contributed by atoms with Gasteiger partial charge in [0.2, 0.25) is 0 Å². The van der Waals surface area contributed by atoms with E-state index in [1.165, 1.54) is 154 Å². The van der Waals surface area contributed by atoms with Crippen LogP contribution in [0.15, 0.2) is 0 Å². The fourth-order valence-electron chi connectivity index (χ4n) is 5.27. The first kappa shape index (κ1) is 38.4. The van der Waals surface area contributed by atoms with Crippen molar-refractivity contribution >= 4 is 5.97 Å².